The summed E-state index contributed by atoms with van der Waals surface area (Å²) in [7, 11) is 0. The highest BCUT2D eigenvalue weighted by Gasteiger charge is 2.11. The quantitative estimate of drug-likeness (QED) is 0.632. The van der Waals surface area contributed by atoms with E-state index in [0.29, 0.717) is 0 Å². The predicted molar refractivity (Wildman–Crippen MR) is 58.9 cm³/mol. The van der Waals surface area contributed by atoms with E-state index in [4.69, 9.17) is 0 Å². The molecule has 0 aliphatic heterocycles. The number of aryl methyl sites for hydroxylation is 1. The van der Waals surface area contributed by atoms with Crippen LogP contribution in [0.3, 0.4) is 0 Å². The van der Waals surface area contributed by atoms with Gasteiger partial charge in [-0.05, 0) is 18.4 Å². The van der Waals surface area contributed by atoms with Gasteiger partial charge >= 0.3 is 0 Å². The SMILES string of the molecule is Cc1c(-c2ccsc2)nc2scnn12. The summed E-state index contributed by atoms with van der Waals surface area (Å²) in [5, 5.41) is 8.40. The molecule has 14 heavy (non-hydrogen) atoms. The van der Waals surface area contributed by atoms with Crippen LogP contribution in [0.4, 0.5) is 0 Å². The molecule has 3 heterocycles. The molecule has 0 bridgehead atoms. The van der Waals surface area contributed by atoms with Crippen molar-refractivity contribution in [2.45, 2.75) is 6.92 Å². The number of nitrogens with zero attached hydrogens (tertiary/aromatic N) is 3. The van der Waals surface area contributed by atoms with Crippen LogP contribution in [0.15, 0.2) is 22.3 Å². The van der Waals surface area contributed by atoms with Crippen molar-refractivity contribution in [3.63, 3.8) is 0 Å². The Hall–Kier alpha value is -1.20. The van der Waals surface area contributed by atoms with Gasteiger partial charge in [0, 0.05) is 10.9 Å². The van der Waals surface area contributed by atoms with E-state index in [1.165, 1.54) is 5.56 Å². The van der Waals surface area contributed by atoms with E-state index in [9.17, 15) is 0 Å². The second-order valence-corrected chi connectivity index (χ2v) is 4.58. The molecule has 0 fully saturated rings. The number of fused-ring (bicyclic) bond motifs is 1. The van der Waals surface area contributed by atoms with Crippen LogP contribution < -0.4 is 0 Å². The molecule has 0 N–H and O–H groups in total. The number of aromatic nitrogens is 3. The van der Waals surface area contributed by atoms with Gasteiger partial charge in [-0.2, -0.15) is 16.4 Å². The maximum atomic E-state index is 4.54. The summed E-state index contributed by atoms with van der Waals surface area (Å²) in [6, 6.07) is 2.09. The third-order valence-electron chi connectivity index (χ3n) is 2.16. The van der Waals surface area contributed by atoms with Gasteiger partial charge in [-0.15, -0.1) is 0 Å². The van der Waals surface area contributed by atoms with Crippen LogP contribution >= 0.6 is 22.7 Å². The molecule has 0 spiro atoms. The highest BCUT2D eigenvalue weighted by Crippen LogP contribution is 2.26. The van der Waals surface area contributed by atoms with Crippen LogP contribution in [0.25, 0.3) is 16.2 Å². The topological polar surface area (TPSA) is 30.2 Å². The van der Waals surface area contributed by atoms with E-state index < -0.39 is 0 Å². The molecular weight excluding hydrogens is 214 g/mol. The first-order valence-corrected chi connectivity index (χ1v) is 6.00. The summed E-state index contributed by atoms with van der Waals surface area (Å²) < 4.78 is 1.89. The van der Waals surface area contributed by atoms with E-state index in [-0.39, 0.29) is 0 Å². The minimum absolute atomic E-state index is 0.962. The summed E-state index contributed by atoms with van der Waals surface area (Å²) in [4.78, 5) is 5.50. The first-order chi connectivity index (χ1) is 6.86. The molecule has 3 aromatic heterocycles. The van der Waals surface area contributed by atoms with Gasteiger partial charge < -0.3 is 0 Å². The van der Waals surface area contributed by atoms with Crippen LogP contribution in [0.1, 0.15) is 5.69 Å². The summed E-state index contributed by atoms with van der Waals surface area (Å²) in [5.74, 6) is 0. The van der Waals surface area contributed by atoms with E-state index in [2.05, 4.69) is 26.9 Å². The van der Waals surface area contributed by atoms with Crippen LogP contribution in [0.5, 0.6) is 0 Å². The molecule has 0 radical (unpaired) electrons. The maximum Gasteiger partial charge on any atom is 0.212 e. The molecule has 5 heteroatoms. The average Bonchev–Trinajstić information content (AvgIpc) is 2.84. The molecule has 0 amide bonds. The first-order valence-electron chi connectivity index (χ1n) is 4.17. The van der Waals surface area contributed by atoms with Crippen molar-refractivity contribution in [2.75, 3.05) is 0 Å². The largest absolute Gasteiger partial charge is 0.217 e. The third kappa shape index (κ3) is 1.03. The number of imidazole rings is 1. The summed E-state index contributed by atoms with van der Waals surface area (Å²) in [6.45, 7) is 2.05. The van der Waals surface area contributed by atoms with Crippen molar-refractivity contribution in [2.24, 2.45) is 0 Å². The number of hydrogen-bond donors (Lipinski definition) is 0. The van der Waals surface area contributed by atoms with Crippen LogP contribution in [-0.2, 0) is 0 Å². The monoisotopic (exact) mass is 221 g/mol. The molecule has 0 saturated heterocycles. The number of hydrogen-bond acceptors (Lipinski definition) is 4. The summed E-state index contributed by atoms with van der Waals surface area (Å²) in [6.07, 6.45) is 0. The molecule has 0 unspecified atom stereocenters. The van der Waals surface area contributed by atoms with Gasteiger partial charge in [0.2, 0.25) is 4.96 Å². The lowest BCUT2D eigenvalue weighted by molar-refractivity contribution is 0.932. The van der Waals surface area contributed by atoms with Gasteiger partial charge in [-0.25, -0.2) is 9.50 Å². The third-order valence-corrected chi connectivity index (χ3v) is 3.52. The van der Waals surface area contributed by atoms with E-state index >= 15 is 0 Å². The zero-order valence-electron chi connectivity index (χ0n) is 7.47. The van der Waals surface area contributed by atoms with Gasteiger partial charge in [0.15, 0.2) is 0 Å². The van der Waals surface area contributed by atoms with Crippen molar-refractivity contribution in [1.29, 1.82) is 0 Å². The average molecular weight is 221 g/mol. The Kier molecular flexibility index (Phi) is 1.68. The Morgan fingerprint density at radius 3 is 3.07 bits per heavy atom. The molecule has 0 aliphatic rings. The Morgan fingerprint density at radius 1 is 1.43 bits per heavy atom. The Bertz CT molecular complexity index is 562. The Morgan fingerprint density at radius 2 is 2.36 bits per heavy atom. The molecule has 0 aliphatic carbocycles. The van der Waals surface area contributed by atoms with Crippen molar-refractivity contribution in [3.05, 3.63) is 28.0 Å². The van der Waals surface area contributed by atoms with E-state index in [1.54, 1.807) is 22.7 Å². The molecular formula is C9H7N3S2. The standard InChI is InChI=1S/C9H7N3S2/c1-6-8(7-2-3-13-4-7)11-9-12(6)10-5-14-9/h2-5H,1H3. The molecule has 3 aromatic rings. The van der Waals surface area contributed by atoms with Gasteiger partial charge in [-0.1, -0.05) is 11.3 Å². The number of rotatable bonds is 1. The second-order valence-electron chi connectivity index (χ2n) is 2.99. The lowest BCUT2D eigenvalue weighted by Crippen LogP contribution is -1.86. The zero-order chi connectivity index (χ0) is 9.54. The normalized spacial score (nSPS) is 11.2. The minimum Gasteiger partial charge on any atom is -0.217 e. The van der Waals surface area contributed by atoms with Crippen LogP contribution in [0.2, 0.25) is 0 Å². The van der Waals surface area contributed by atoms with Crippen molar-refractivity contribution in [3.8, 4) is 11.3 Å². The molecule has 0 saturated carbocycles. The Labute approximate surface area is 88.7 Å². The Balaban J connectivity index is 2.32. The first kappa shape index (κ1) is 8.14. The van der Waals surface area contributed by atoms with Gasteiger partial charge in [-0.3, -0.25) is 0 Å². The fraction of sp³-hybridized carbons (Fsp3) is 0.111. The molecule has 70 valence electrons. The van der Waals surface area contributed by atoms with Gasteiger partial charge in [0.25, 0.3) is 0 Å². The maximum absolute atomic E-state index is 4.54. The summed E-state index contributed by atoms with van der Waals surface area (Å²) in [5.41, 5.74) is 5.16. The van der Waals surface area contributed by atoms with Crippen molar-refractivity contribution in [1.82, 2.24) is 14.6 Å². The van der Waals surface area contributed by atoms with Crippen LogP contribution in [-0.4, -0.2) is 14.6 Å². The van der Waals surface area contributed by atoms with Crippen LogP contribution in [0, 0.1) is 6.92 Å². The van der Waals surface area contributed by atoms with Crippen molar-refractivity contribution >= 4 is 27.6 Å². The van der Waals surface area contributed by atoms with E-state index in [0.717, 1.165) is 16.3 Å². The predicted octanol–water partition coefficient (Wildman–Crippen LogP) is 2.83. The highest BCUT2D eigenvalue weighted by molar-refractivity contribution is 7.14. The van der Waals surface area contributed by atoms with Gasteiger partial charge in [0.05, 0.1) is 11.4 Å². The fourth-order valence-corrected chi connectivity index (χ4v) is 2.77. The van der Waals surface area contributed by atoms with E-state index in [1.807, 2.05) is 16.9 Å². The van der Waals surface area contributed by atoms with Crippen molar-refractivity contribution < 1.29 is 0 Å². The number of thiophene rings is 1. The summed E-state index contributed by atoms with van der Waals surface area (Å²) >= 11 is 3.25. The van der Waals surface area contributed by atoms with Gasteiger partial charge in [0.1, 0.15) is 5.51 Å². The lowest BCUT2D eigenvalue weighted by Gasteiger charge is -1.92. The second kappa shape index (κ2) is 2.90. The molecule has 3 nitrogen and oxygen atoms in total. The lowest BCUT2D eigenvalue weighted by atomic mass is 10.2. The molecule has 0 atom stereocenters. The zero-order valence-corrected chi connectivity index (χ0v) is 9.10. The highest BCUT2D eigenvalue weighted by atomic mass is 32.1. The molecule has 3 rings (SSSR count). The smallest absolute Gasteiger partial charge is 0.212 e. The fourth-order valence-electron chi connectivity index (χ4n) is 1.47. The molecule has 0 aromatic carbocycles. The minimum atomic E-state index is 0.962.